The van der Waals surface area contributed by atoms with Crippen LogP contribution in [0.2, 0.25) is 5.02 Å². The Morgan fingerprint density at radius 2 is 1.92 bits per heavy atom. The number of amides is 1. The Morgan fingerprint density at radius 1 is 1.18 bits per heavy atom. The minimum absolute atomic E-state index is 0.314. The number of carboxylic acids is 1. The van der Waals surface area contributed by atoms with Gasteiger partial charge in [-0.25, -0.2) is 14.3 Å². The van der Waals surface area contributed by atoms with Crippen LogP contribution in [0.4, 0.5) is 4.79 Å². The molecule has 2 heterocycles. The lowest BCUT2D eigenvalue weighted by Crippen LogP contribution is -2.46. The second-order valence-electron chi connectivity index (χ2n) is 10.6. The summed E-state index contributed by atoms with van der Waals surface area (Å²) in [6.07, 6.45) is 5.00. The van der Waals surface area contributed by atoms with Crippen LogP contribution < -0.4 is 10.9 Å². The van der Waals surface area contributed by atoms with Crippen molar-refractivity contribution in [2.75, 3.05) is 6.54 Å². The molecule has 1 aromatic carbocycles. The van der Waals surface area contributed by atoms with Crippen LogP contribution in [0.5, 0.6) is 0 Å². The molecule has 0 unspecified atom stereocenters. The van der Waals surface area contributed by atoms with Crippen LogP contribution in [-0.2, 0) is 10.2 Å². The number of aromatic carboxylic acids is 1. The third-order valence-corrected chi connectivity index (χ3v) is 7.02. The van der Waals surface area contributed by atoms with Gasteiger partial charge in [0.1, 0.15) is 11.2 Å². The summed E-state index contributed by atoms with van der Waals surface area (Å²) in [5, 5.41) is 17.8. The Bertz CT molecular complexity index is 1380. The molecule has 1 aliphatic carbocycles. The maximum absolute atomic E-state index is 13.1. The van der Waals surface area contributed by atoms with Gasteiger partial charge in [0.05, 0.1) is 11.7 Å². The SMILES string of the molecule is CC(C)(C)OC(=O)NC[C@]1(c2cccc(Cl)c2)CC[C@H](n2nc(-c3cccnc3)cc(C(=O)O)c2=O)CC1. The summed E-state index contributed by atoms with van der Waals surface area (Å²) >= 11 is 6.32. The second kappa shape index (κ2) is 10.9. The van der Waals surface area contributed by atoms with Crippen molar-refractivity contribution in [1.82, 2.24) is 20.1 Å². The molecular weight excluding hydrogens is 508 g/mol. The molecule has 9 nitrogen and oxygen atoms in total. The zero-order chi connectivity index (χ0) is 27.5. The fourth-order valence-corrected chi connectivity index (χ4v) is 5.10. The number of halogens is 1. The number of nitrogens with zero attached hydrogens (tertiary/aromatic N) is 3. The number of benzene rings is 1. The first kappa shape index (κ1) is 27.3. The van der Waals surface area contributed by atoms with Gasteiger partial charge in [-0.15, -0.1) is 0 Å². The number of pyridine rings is 1. The summed E-state index contributed by atoms with van der Waals surface area (Å²) in [5.74, 6) is -1.30. The first-order valence-electron chi connectivity index (χ1n) is 12.5. The minimum atomic E-state index is -1.30. The summed E-state index contributed by atoms with van der Waals surface area (Å²) in [6.45, 7) is 5.74. The maximum atomic E-state index is 13.1. The number of carbonyl (C=O) groups excluding carboxylic acids is 1. The molecule has 10 heteroatoms. The van der Waals surface area contributed by atoms with Crippen molar-refractivity contribution >= 4 is 23.7 Å². The van der Waals surface area contributed by atoms with Crippen LogP contribution in [0.15, 0.2) is 59.7 Å². The number of alkyl carbamates (subject to hydrolysis) is 1. The molecule has 1 fully saturated rings. The standard InChI is InChI=1S/C28H31ClN4O5/c1-27(2,3)38-26(37)31-17-28(19-7-4-8-20(29)14-19)11-9-21(10-12-28)33-24(34)22(25(35)36)15-23(32-33)18-6-5-13-30-16-18/h4-8,13-16,21H,9-12,17H2,1-3H3,(H,31,37)(H,35,36)/t21-,28-. The van der Waals surface area contributed by atoms with Crippen molar-refractivity contribution < 1.29 is 19.4 Å². The first-order chi connectivity index (χ1) is 18.0. The number of carboxylic acid groups (broad SMARTS) is 1. The number of hydrogen-bond acceptors (Lipinski definition) is 6. The molecule has 1 aliphatic rings. The van der Waals surface area contributed by atoms with Gasteiger partial charge in [0.25, 0.3) is 5.56 Å². The van der Waals surface area contributed by atoms with Gasteiger partial charge in [0, 0.05) is 34.9 Å². The normalized spacial score (nSPS) is 19.5. The van der Waals surface area contributed by atoms with E-state index in [1.807, 2.05) is 18.2 Å². The third-order valence-electron chi connectivity index (χ3n) is 6.79. The fraction of sp³-hybridized carbons (Fsp3) is 0.393. The number of nitrogens with one attached hydrogen (secondary N) is 1. The molecule has 0 bridgehead atoms. The monoisotopic (exact) mass is 538 g/mol. The largest absolute Gasteiger partial charge is 0.477 e. The highest BCUT2D eigenvalue weighted by atomic mass is 35.5. The maximum Gasteiger partial charge on any atom is 0.407 e. The summed E-state index contributed by atoms with van der Waals surface area (Å²) < 4.78 is 6.74. The second-order valence-corrected chi connectivity index (χ2v) is 11.1. The van der Waals surface area contributed by atoms with Gasteiger partial charge in [-0.05, 0) is 82.3 Å². The smallest absolute Gasteiger partial charge is 0.407 e. The quantitative estimate of drug-likeness (QED) is 0.440. The van der Waals surface area contributed by atoms with Crippen LogP contribution in [0.25, 0.3) is 11.3 Å². The Hall–Kier alpha value is -3.72. The van der Waals surface area contributed by atoms with Crippen molar-refractivity contribution in [2.45, 2.75) is 63.5 Å². The molecule has 38 heavy (non-hydrogen) atoms. The van der Waals surface area contributed by atoms with E-state index in [0.717, 1.165) is 5.56 Å². The van der Waals surface area contributed by atoms with E-state index in [0.29, 0.717) is 48.5 Å². The Balaban J connectivity index is 1.64. The Labute approximate surface area is 225 Å². The topological polar surface area (TPSA) is 123 Å². The first-order valence-corrected chi connectivity index (χ1v) is 12.9. The predicted octanol–water partition coefficient (Wildman–Crippen LogP) is 5.23. The van der Waals surface area contributed by atoms with Gasteiger partial charge >= 0.3 is 12.1 Å². The number of aromatic nitrogens is 3. The lowest BCUT2D eigenvalue weighted by molar-refractivity contribution is 0.0504. The lowest BCUT2D eigenvalue weighted by Gasteiger charge is -2.41. The zero-order valence-corrected chi connectivity index (χ0v) is 22.4. The molecule has 0 radical (unpaired) electrons. The van der Waals surface area contributed by atoms with E-state index in [1.54, 1.807) is 51.4 Å². The van der Waals surface area contributed by atoms with Crippen LogP contribution >= 0.6 is 11.6 Å². The minimum Gasteiger partial charge on any atom is -0.477 e. The highest BCUT2D eigenvalue weighted by Gasteiger charge is 2.39. The average Bonchev–Trinajstić information content (AvgIpc) is 2.87. The fourth-order valence-electron chi connectivity index (χ4n) is 4.91. The van der Waals surface area contributed by atoms with Gasteiger partial charge in [-0.2, -0.15) is 5.10 Å². The molecule has 1 amide bonds. The van der Waals surface area contributed by atoms with Gasteiger partial charge in [-0.1, -0.05) is 23.7 Å². The van der Waals surface area contributed by atoms with Gasteiger partial charge < -0.3 is 15.2 Å². The van der Waals surface area contributed by atoms with Crippen molar-refractivity contribution in [3.63, 3.8) is 0 Å². The van der Waals surface area contributed by atoms with E-state index in [9.17, 15) is 19.5 Å². The van der Waals surface area contributed by atoms with Crippen LogP contribution in [-0.4, -0.2) is 44.1 Å². The molecule has 1 saturated carbocycles. The number of hydrogen-bond donors (Lipinski definition) is 2. The molecule has 0 aliphatic heterocycles. The highest BCUT2D eigenvalue weighted by molar-refractivity contribution is 6.30. The van der Waals surface area contributed by atoms with E-state index >= 15 is 0 Å². The van der Waals surface area contributed by atoms with Crippen LogP contribution in [0, 0.1) is 0 Å². The predicted molar refractivity (Wildman–Crippen MR) is 144 cm³/mol. The van der Waals surface area contributed by atoms with Crippen molar-refractivity contribution in [1.29, 1.82) is 0 Å². The van der Waals surface area contributed by atoms with Crippen molar-refractivity contribution in [3.8, 4) is 11.3 Å². The summed E-state index contributed by atoms with van der Waals surface area (Å²) in [5.41, 5.74) is -0.0791. The highest BCUT2D eigenvalue weighted by Crippen LogP contribution is 2.43. The van der Waals surface area contributed by atoms with E-state index in [-0.39, 0.29) is 11.6 Å². The zero-order valence-electron chi connectivity index (χ0n) is 21.6. The molecule has 3 aromatic rings. The lowest BCUT2D eigenvalue weighted by atomic mass is 9.68. The average molecular weight is 539 g/mol. The molecule has 200 valence electrons. The Kier molecular flexibility index (Phi) is 7.87. The van der Waals surface area contributed by atoms with E-state index in [2.05, 4.69) is 15.4 Å². The van der Waals surface area contributed by atoms with Crippen molar-refractivity contribution in [2.24, 2.45) is 0 Å². The molecule has 0 spiro atoms. The van der Waals surface area contributed by atoms with Crippen molar-refractivity contribution in [3.05, 3.63) is 81.4 Å². The van der Waals surface area contributed by atoms with Gasteiger partial charge in [0.15, 0.2) is 0 Å². The Morgan fingerprint density at radius 3 is 2.53 bits per heavy atom. The number of rotatable bonds is 6. The summed E-state index contributed by atoms with van der Waals surface area (Å²) in [6, 6.07) is 12.0. The number of ether oxygens (including phenoxy) is 1. The third kappa shape index (κ3) is 6.22. The van der Waals surface area contributed by atoms with Gasteiger partial charge in [0.2, 0.25) is 0 Å². The van der Waals surface area contributed by atoms with Crippen LogP contribution in [0.1, 0.15) is 68.4 Å². The molecule has 0 atom stereocenters. The summed E-state index contributed by atoms with van der Waals surface area (Å²) in [7, 11) is 0. The molecule has 4 rings (SSSR count). The molecular formula is C28H31ClN4O5. The number of carbonyl (C=O) groups is 2. The molecule has 0 saturated heterocycles. The summed E-state index contributed by atoms with van der Waals surface area (Å²) in [4.78, 5) is 41.6. The molecule has 2 aromatic heterocycles. The van der Waals surface area contributed by atoms with Gasteiger partial charge in [-0.3, -0.25) is 9.78 Å². The van der Waals surface area contributed by atoms with E-state index in [1.165, 1.54) is 10.7 Å². The molecule has 2 N–H and O–H groups in total. The van der Waals surface area contributed by atoms with E-state index < -0.39 is 28.6 Å². The van der Waals surface area contributed by atoms with Crippen LogP contribution in [0.3, 0.4) is 0 Å². The van der Waals surface area contributed by atoms with E-state index in [4.69, 9.17) is 16.3 Å².